The molecule has 1 saturated heterocycles. The van der Waals surface area contributed by atoms with Crippen LogP contribution in [0.3, 0.4) is 0 Å². The molecule has 0 N–H and O–H groups in total. The Hall–Kier alpha value is -2.51. The SMILES string of the molecule is N#Cc1ccccc1OC1CCN(CC2CCOc3ccccc32)CC1. The number of fused-ring (bicyclic) bond motifs is 1. The van der Waals surface area contributed by atoms with Crippen LogP contribution in [0.15, 0.2) is 48.5 Å². The van der Waals surface area contributed by atoms with Gasteiger partial charge in [-0.15, -0.1) is 0 Å². The first kappa shape index (κ1) is 16.9. The number of benzene rings is 2. The first-order chi connectivity index (χ1) is 12.8. The molecule has 0 bridgehead atoms. The van der Waals surface area contributed by atoms with Crippen molar-refractivity contribution >= 4 is 0 Å². The Labute approximate surface area is 155 Å². The number of hydrogen-bond acceptors (Lipinski definition) is 4. The van der Waals surface area contributed by atoms with Crippen LogP contribution >= 0.6 is 0 Å². The van der Waals surface area contributed by atoms with Crippen molar-refractivity contribution in [2.75, 3.05) is 26.2 Å². The van der Waals surface area contributed by atoms with Gasteiger partial charge >= 0.3 is 0 Å². The molecule has 1 atom stereocenters. The summed E-state index contributed by atoms with van der Waals surface area (Å²) in [5, 5.41) is 9.20. The summed E-state index contributed by atoms with van der Waals surface area (Å²) in [5.41, 5.74) is 1.97. The van der Waals surface area contributed by atoms with E-state index in [-0.39, 0.29) is 6.10 Å². The summed E-state index contributed by atoms with van der Waals surface area (Å²) in [7, 11) is 0. The second-order valence-electron chi connectivity index (χ2n) is 7.10. The van der Waals surface area contributed by atoms with Crippen molar-refractivity contribution in [1.29, 1.82) is 5.26 Å². The average molecular weight is 348 g/mol. The second-order valence-corrected chi connectivity index (χ2v) is 7.10. The Bertz CT molecular complexity index is 791. The van der Waals surface area contributed by atoms with Gasteiger partial charge in [-0.3, -0.25) is 0 Å². The first-order valence-electron chi connectivity index (χ1n) is 9.43. The molecule has 2 aromatic carbocycles. The van der Waals surface area contributed by atoms with Crippen LogP contribution in [0.4, 0.5) is 0 Å². The minimum absolute atomic E-state index is 0.197. The molecule has 1 fully saturated rings. The van der Waals surface area contributed by atoms with E-state index in [2.05, 4.69) is 29.2 Å². The van der Waals surface area contributed by atoms with Crippen LogP contribution in [-0.4, -0.2) is 37.2 Å². The normalized spacial score (nSPS) is 20.7. The van der Waals surface area contributed by atoms with Crippen molar-refractivity contribution in [3.63, 3.8) is 0 Å². The zero-order chi connectivity index (χ0) is 17.8. The van der Waals surface area contributed by atoms with Crippen LogP contribution in [0.1, 0.15) is 36.3 Å². The largest absolute Gasteiger partial charge is 0.493 e. The molecular weight excluding hydrogens is 324 g/mol. The molecule has 0 spiro atoms. The Morgan fingerprint density at radius 1 is 1.04 bits per heavy atom. The van der Waals surface area contributed by atoms with E-state index in [0.29, 0.717) is 17.2 Å². The zero-order valence-electron chi connectivity index (χ0n) is 14.9. The van der Waals surface area contributed by atoms with Crippen LogP contribution in [0.5, 0.6) is 11.5 Å². The highest BCUT2D eigenvalue weighted by Gasteiger charge is 2.27. The number of nitriles is 1. The summed E-state index contributed by atoms with van der Waals surface area (Å²) < 4.78 is 11.9. The lowest BCUT2D eigenvalue weighted by atomic mass is 9.92. The second kappa shape index (κ2) is 7.80. The molecule has 2 heterocycles. The van der Waals surface area contributed by atoms with E-state index in [1.54, 1.807) is 0 Å². The molecule has 134 valence electrons. The van der Waals surface area contributed by atoms with Gasteiger partial charge in [0.15, 0.2) is 0 Å². The van der Waals surface area contributed by atoms with Crippen LogP contribution in [0.25, 0.3) is 0 Å². The molecule has 26 heavy (non-hydrogen) atoms. The molecule has 2 aromatic rings. The molecule has 0 aliphatic carbocycles. The van der Waals surface area contributed by atoms with Gasteiger partial charge < -0.3 is 14.4 Å². The lowest BCUT2D eigenvalue weighted by Crippen LogP contribution is -2.40. The van der Waals surface area contributed by atoms with Gasteiger partial charge in [0, 0.05) is 25.6 Å². The highest BCUT2D eigenvalue weighted by molar-refractivity contribution is 5.42. The topological polar surface area (TPSA) is 45.5 Å². The highest BCUT2D eigenvalue weighted by atomic mass is 16.5. The highest BCUT2D eigenvalue weighted by Crippen LogP contribution is 2.34. The monoisotopic (exact) mass is 348 g/mol. The minimum atomic E-state index is 0.197. The van der Waals surface area contributed by atoms with E-state index < -0.39 is 0 Å². The van der Waals surface area contributed by atoms with Crippen molar-refractivity contribution in [1.82, 2.24) is 4.90 Å². The summed E-state index contributed by atoms with van der Waals surface area (Å²) in [5.74, 6) is 2.32. The zero-order valence-corrected chi connectivity index (χ0v) is 14.9. The Balaban J connectivity index is 1.33. The Kier molecular flexibility index (Phi) is 5.08. The lowest BCUT2D eigenvalue weighted by molar-refractivity contribution is 0.0930. The van der Waals surface area contributed by atoms with Crippen LogP contribution in [-0.2, 0) is 0 Å². The molecule has 0 amide bonds. The molecule has 4 nitrogen and oxygen atoms in total. The van der Waals surface area contributed by atoms with E-state index in [9.17, 15) is 5.26 Å². The average Bonchev–Trinajstić information content (AvgIpc) is 2.70. The fourth-order valence-corrected chi connectivity index (χ4v) is 3.97. The van der Waals surface area contributed by atoms with Crippen molar-refractivity contribution in [2.24, 2.45) is 0 Å². The molecule has 0 radical (unpaired) electrons. The van der Waals surface area contributed by atoms with Gasteiger partial charge in [-0.25, -0.2) is 0 Å². The van der Waals surface area contributed by atoms with Gasteiger partial charge in [0.2, 0.25) is 0 Å². The van der Waals surface area contributed by atoms with Gasteiger partial charge in [-0.05, 0) is 43.0 Å². The van der Waals surface area contributed by atoms with Gasteiger partial charge in [-0.2, -0.15) is 5.26 Å². The number of hydrogen-bond donors (Lipinski definition) is 0. The Morgan fingerprint density at radius 2 is 1.81 bits per heavy atom. The number of nitrogens with zero attached hydrogens (tertiary/aromatic N) is 2. The molecule has 4 rings (SSSR count). The molecular formula is C22H24N2O2. The van der Waals surface area contributed by atoms with Crippen molar-refractivity contribution < 1.29 is 9.47 Å². The quantitative estimate of drug-likeness (QED) is 0.839. The third kappa shape index (κ3) is 3.68. The van der Waals surface area contributed by atoms with E-state index >= 15 is 0 Å². The maximum Gasteiger partial charge on any atom is 0.137 e. The van der Waals surface area contributed by atoms with Gasteiger partial charge in [-0.1, -0.05) is 30.3 Å². The van der Waals surface area contributed by atoms with Crippen LogP contribution in [0, 0.1) is 11.3 Å². The lowest BCUT2D eigenvalue weighted by Gasteiger charge is -2.36. The molecule has 2 aliphatic heterocycles. The minimum Gasteiger partial charge on any atom is -0.493 e. The summed E-state index contributed by atoms with van der Waals surface area (Å²) >= 11 is 0. The van der Waals surface area contributed by atoms with E-state index in [4.69, 9.17) is 9.47 Å². The number of ether oxygens (including phenoxy) is 2. The van der Waals surface area contributed by atoms with Crippen LogP contribution in [0.2, 0.25) is 0 Å². The number of para-hydroxylation sites is 2. The van der Waals surface area contributed by atoms with Crippen molar-refractivity contribution in [2.45, 2.75) is 31.3 Å². The predicted octanol–water partition coefficient (Wildman–Crippen LogP) is 3.97. The smallest absolute Gasteiger partial charge is 0.137 e. The van der Waals surface area contributed by atoms with Crippen molar-refractivity contribution in [3.05, 3.63) is 59.7 Å². The summed E-state index contributed by atoms with van der Waals surface area (Å²) in [6.45, 7) is 3.98. The maximum absolute atomic E-state index is 9.20. The molecule has 0 aromatic heterocycles. The first-order valence-corrected chi connectivity index (χ1v) is 9.43. The van der Waals surface area contributed by atoms with Gasteiger partial charge in [0.1, 0.15) is 23.7 Å². The molecule has 2 aliphatic rings. The summed E-state index contributed by atoms with van der Waals surface area (Å²) in [6.07, 6.45) is 3.29. The van der Waals surface area contributed by atoms with E-state index in [1.165, 1.54) is 5.56 Å². The van der Waals surface area contributed by atoms with Gasteiger partial charge in [0.25, 0.3) is 0 Å². The fourth-order valence-electron chi connectivity index (χ4n) is 3.97. The standard InChI is InChI=1S/C22H24N2O2/c23-15-17-5-1-3-7-21(17)26-19-9-12-24(13-10-19)16-18-11-14-25-22-8-4-2-6-20(18)22/h1-8,18-19H,9-14,16H2. The number of likely N-dealkylation sites (tertiary alicyclic amines) is 1. The van der Waals surface area contributed by atoms with Gasteiger partial charge in [0.05, 0.1) is 12.2 Å². The van der Waals surface area contributed by atoms with E-state index in [1.807, 2.05) is 30.3 Å². The molecule has 0 saturated carbocycles. The maximum atomic E-state index is 9.20. The summed E-state index contributed by atoms with van der Waals surface area (Å²) in [6, 6.07) is 18.1. The summed E-state index contributed by atoms with van der Waals surface area (Å²) in [4.78, 5) is 2.54. The Morgan fingerprint density at radius 3 is 2.65 bits per heavy atom. The number of piperidine rings is 1. The fraction of sp³-hybridized carbons (Fsp3) is 0.409. The third-order valence-electron chi connectivity index (χ3n) is 5.40. The molecule has 4 heteroatoms. The number of rotatable bonds is 4. The third-order valence-corrected chi connectivity index (χ3v) is 5.40. The van der Waals surface area contributed by atoms with Crippen molar-refractivity contribution in [3.8, 4) is 17.6 Å². The predicted molar refractivity (Wildman–Crippen MR) is 101 cm³/mol. The van der Waals surface area contributed by atoms with E-state index in [0.717, 1.165) is 51.3 Å². The molecule has 1 unspecified atom stereocenters. The van der Waals surface area contributed by atoms with Crippen LogP contribution < -0.4 is 9.47 Å².